The van der Waals surface area contributed by atoms with Crippen LogP contribution in [0.3, 0.4) is 0 Å². The van der Waals surface area contributed by atoms with Gasteiger partial charge in [-0.25, -0.2) is 9.97 Å². The lowest BCUT2D eigenvalue weighted by atomic mass is 10.2. The standard InChI is InChI=1S/C15H17N5S/c1-3-8-20-9-12(11(2)19-20)13-10-21-15(17-13)18-14-6-4-5-7-16-14/h4-7,9-10H,3,8H2,1-2H3,(H,16,17,18). The number of anilines is 2. The van der Waals surface area contributed by atoms with Crippen LogP contribution in [0.5, 0.6) is 0 Å². The smallest absolute Gasteiger partial charge is 0.188 e. The van der Waals surface area contributed by atoms with E-state index in [1.807, 2.05) is 35.2 Å². The van der Waals surface area contributed by atoms with Gasteiger partial charge in [-0.15, -0.1) is 11.3 Å². The third kappa shape index (κ3) is 3.11. The molecule has 0 fully saturated rings. The Labute approximate surface area is 127 Å². The van der Waals surface area contributed by atoms with E-state index in [0.29, 0.717) is 0 Å². The van der Waals surface area contributed by atoms with Crippen molar-refractivity contribution in [3.63, 3.8) is 0 Å². The van der Waals surface area contributed by atoms with E-state index in [2.05, 4.69) is 33.5 Å². The van der Waals surface area contributed by atoms with Gasteiger partial charge in [-0.1, -0.05) is 13.0 Å². The van der Waals surface area contributed by atoms with Crippen molar-refractivity contribution in [2.24, 2.45) is 0 Å². The minimum Gasteiger partial charge on any atom is -0.316 e. The van der Waals surface area contributed by atoms with Crippen LogP contribution in [0.25, 0.3) is 11.3 Å². The van der Waals surface area contributed by atoms with E-state index in [9.17, 15) is 0 Å². The predicted molar refractivity (Wildman–Crippen MR) is 85.9 cm³/mol. The van der Waals surface area contributed by atoms with Crippen molar-refractivity contribution in [3.05, 3.63) is 41.7 Å². The van der Waals surface area contributed by atoms with Crippen molar-refractivity contribution in [3.8, 4) is 11.3 Å². The number of hydrogen-bond donors (Lipinski definition) is 1. The van der Waals surface area contributed by atoms with E-state index >= 15 is 0 Å². The largest absolute Gasteiger partial charge is 0.316 e. The van der Waals surface area contributed by atoms with Gasteiger partial charge in [-0.05, 0) is 25.5 Å². The molecule has 3 heterocycles. The molecule has 3 rings (SSSR count). The van der Waals surface area contributed by atoms with Crippen molar-refractivity contribution < 1.29 is 0 Å². The van der Waals surface area contributed by atoms with Gasteiger partial charge in [0.25, 0.3) is 0 Å². The summed E-state index contributed by atoms with van der Waals surface area (Å²) < 4.78 is 1.98. The molecule has 108 valence electrons. The molecule has 0 bridgehead atoms. The first-order valence-electron chi connectivity index (χ1n) is 6.94. The number of hydrogen-bond acceptors (Lipinski definition) is 5. The maximum Gasteiger partial charge on any atom is 0.188 e. The van der Waals surface area contributed by atoms with Crippen LogP contribution in [-0.2, 0) is 6.54 Å². The number of pyridine rings is 1. The second-order valence-corrected chi connectivity index (χ2v) is 5.63. The number of rotatable bonds is 5. The molecular weight excluding hydrogens is 282 g/mol. The number of nitrogens with zero attached hydrogens (tertiary/aromatic N) is 4. The number of thiazole rings is 1. The minimum absolute atomic E-state index is 0.803. The molecule has 0 saturated carbocycles. The second kappa shape index (κ2) is 6.05. The fourth-order valence-electron chi connectivity index (χ4n) is 2.11. The maximum absolute atomic E-state index is 4.62. The molecule has 1 N–H and O–H groups in total. The molecule has 0 aliphatic rings. The van der Waals surface area contributed by atoms with Crippen molar-refractivity contribution in [2.45, 2.75) is 26.8 Å². The van der Waals surface area contributed by atoms with E-state index in [0.717, 1.165) is 40.9 Å². The van der Waals surface area contributed by atoms with Crippen molar-refractivity contribution >= 4 is 22.3 Å². The first-order valence-corrected chi connectivity index (χ1v) is 7.82. The molecule has 5 nitrogen and oxygen atoms in total. The Hall–Kier alpha value is -2.21. The van der Waals surface area contributed by atoms with Crippen LogP contribution in [-0.4, -0.2) is 19.7 Å². The monoisotopic (exact) mass is 299 g/mol. The van der Waals surface area contributed by atoms with Crippen molar-refractivity contribution in [1.29, 1.82) is 0 Å². The van der Waals surface area contributed by atoms with Crippen LogP contribution in [0.2, 0.25) is 0 Å². The molecule has 3 aromatic rings. The highest BCUT2D eigenvalue weighted by Crippen LogP contribution is 2.28. The summed E-state index contributed by atoms with van der Waals surface area (Å²) in [5.41, 5.74) is 3.06. The van der Waals surface area contributed by atoms with Crippen LogP contribution in [0.1, 0.15) is 19.0 Å². The molecule has 0 atom stereocenters. The molecule has 0 saturated heterocycles. The Balaban J connectivity index is 1.81. The van der Waals surface area contributed by atoms with E-state index < -0.39 is 0 Å². The highest BCUT2D eigenvalue weighted by molar-refractivity contribution is 7.14. The summed E-state index contributed by atoms with van der Waals surface area (Å²) >= 11 is 1.57. The van der Waals surface area contributed by atoms with Gasteiger partial charge in [0.05, 0.1) is 11.4 Å². The Bertz CT molecular complexity index is 717. The molecule has 0 aliphatic heterocycles. The summed E-state index contributed by atoms with van der Waals surface area (Å²) in [7, 11) is 0. The van der Waals surface area contributed by atoms with Crippen LogP contribution < -0.4 is 5.32 Å². The molecule has 6 heteroatoms. The second-order valence-electron chi connectivity index (χ2n) is 4.77. The molecule has 0 aromatic carbocycles. The average molecular weight is 299 g/mol. The lowest BCUT2D eigenvalue weighted by molar-refractivity contribution is 0.598. The van der Waals surface area contributed by atoms with Gasteiger partial charge < -0.3 is 5.32 Å². The molecule has 0 radical (unpaired) electrons. The van der Waals surface area contributed by atoms with Crippen molar-refractivity contribution in [2.75, 3.05) is 5.32 Å². The number of aryl methyl sites for hydroxylation is 2. The Morgan fingerprint density at radius 1 is 1.33 bits per heavy atom. The summed E-state index contributed by atoms with van der Waals surface area (Å²) in [5, 5.41) is 10.6. The third-order valence-electron chi connectivity index (χ3n) is 3.08. The highest BCUT2D eigenvalue weighted by Gasteiger charge is 2.11. The zero-order valence-electron chi connectivity index (χ0n) is 12.1. The normalized spacial score (nSPS) is 10.8. The zero-order valence-corrected chi connectivity index (χ0v) is 12.9. The van der Waals surface area contributed by atoms with Gasteiger partial charge in [-0.3, -0.25) is 4.68 Å². The van der Waals surface area contributed by atoms with Crippen LogP contribution >= 0.6 is 11.3 Å². The lowest BCUT2D eigenvalue weighted by Gasteiger charge is -1.99. The predicted octanol–water partition coefficient (Wildman–Crippen LogP) is 3.86. The summed E-state index contributed by atoms with van der Waals surface area (Å²) in [6.07, 6.45) is 4.90. The molecule has 0 amide bonds. The first-order chi connectivity index (χ1) is 10.3. The molecule has 0 unspecified atom stereocenters. The Kier molecular flexibility index (Phi) is 3.96. The maximum atomic E-state index is 4.62. The number of nitrogens with one attached hydrogen (secondary N) is 1. The van der Waals surface area contributed by atoms with E-state index in [-0.39, 0.29) is 0 Å². The first kappa shape index (κ1) is 13.8. The third-order valence-corrected chi connectivity index (χ3v) is 3.84. The van der Waals surface area contributed by atoms with Gasteiger partial charge in [0.2, 0.25) is 0 Å². The zero-order chi connectivity index (χ0) is 14.7. The summed E-state index contributed by atoms with van der Waals surface area (Å²) in [6.45, 7) is 5.10. The van der Waals surface area contributed by atoms with Crippen molar-refractivity contribution in [1.82, 2.24) is 19.7 Å². The van der Waals surface area contributed by atoms with Gasteiger partial charge in [0.15, 0.2) is 5.13 Å². The highest BCUT2D eigenvalue weighted by atomic mass is 32.1. The molecular formula is C15H17N5S. The summed E-state index contributed by atoms with van der Waals surface area (Å²) in [4.78, 5) is 8.87. The SMILES string of the molecule is CCCn1cc(-c2csc(Nc3ccccn3)n2)c(C)n1. The van der Waals surface area contributed by atoms with E-state index in [1.54, 1.807) is 17.5 Å². The Morgan fingerprint density at radius 2 is 2.24 bits per heavy atom. The van der Waals surface area contributed by atoms with Crippen LogP contribution in [0.4, 0.5) is 10.9 Å². The van der Waals surface area contributed by atoms with Gasteiger partial charge in [0.1, 0.15) is 5.82 Å². The fourth-order valence-corrected chi connectivity index (χ4v) is 2.83. The van der Waals surface area contributed by atoms with Gasteiger partial charge in [-0.2, -0.15) is 5.10 Å². The van der Waals surface area contributed by atoms with Crippen LogP contribution in [0.15, 0.2) is 36.0 Å². The summed E-state index contributed by atoms with van der Waals surface area (Å²) in [5.74, 6) is 0.803. The topological polar surface area (TPSA) is 55.6 Å². The fraction of sp³-hybridized carbons (Fsp3) is 0.267. The average Bonchev–Trinajstić information content (AvgIpc) is 3.07. The molecule has 0 aliphatic carbocycles. The minimum atomic E-state index is 0.803. The number of aromatic nitrogens is 4. The molecule has 21 heavy (non-hydrogen) atoms. The Morgan fingerprint density at radius 3 is 3.00 bits per heavy atom. The van der Waals surface area contributed by atoms with Gasteiger partial charge in [0, 0.05) is 29.9 Å². The van der Waals surface area contributed by atoms with Gasteiger partial charge >= 0.3 is 0 Å². The summed E-state index contributed by atoms with van der Waals surface area (Å²) in [6, 6.07) is 5.76. The van der Waals surface area contributed by atoms with E-state index in [4.69, 9.17) is 0 Å². The molecule has 0 spiro atoms. The molecule has 3 aromatic heterocycles. The van der Waals surface area contributed by atoms with Crippen LogP contribution in [0, 0.1) is 6.92 Å². The van der Waals surface area contributed by atoms with E-state index in [1.165, 1.54) is 0 Å². The lowest BCUT2D eigenvalue weighted by Crippen LogP contribution is -1.96. The quantitative estimate of drug-likeness (QED) is 0.777.